The van der Waals surface area contributed by atoms with Crippen molar-refractivity contribution in [2.75, 3.05) is 19.0 Å². The lowest BCUT2D eigenvalue weighted by molar-refractivity contribution is 0.241. The Hall–Kier alpha value is -2.35. The predicted molar refractivity (Wildman–Crippen MR) is 106 cm³/mol. The number of nitrogens with zero attached hydrogens (tertiary/aromatic N) is 3. The molecule has 1 aromatic rings. The van der Waals surface area contributed by atoms with Gasteiger partial charge in [-0.15, -0.1) is 0 Å². The maximum Gasteiger partial charge on any atom is 0.229 e. The van der Waals surface area contributed by atoms with Crippen molar-refractivity contribution in [2.45, 2.75) is 57.8 Å². The smallest absolute Gasteiger partial charge is 0.229 e. The third-order valence-electron chi connectivity index (χ3n) is 5.04. The maximum atomic E-state index is 13.9. The molecule has 1 heterocycles. The molecule has 0 amide bonds. The van der Waals surface area contributed by atoms with E-state index in [1.165, 1.54) is 38.9 Å². The molecule has 2 aliphatic rings. The van der Waals surface area contributed by atoms with Gasteiger partial charge in [-0.3, -0.25) is 5.32 Å². The standard InChI is InChI=1S/C19H29FN6O/c1-3-26-17(21)24-18(22-14-10-11-16(27-2)15(20)12-14)25-19(26)23-13-8-6-4-5-7-9-13/h10-13,19,23H,3-9H2,1-2H3,(H3,21,22,24,25). The molecule has 148 valence electrons. The molecule has 3 rings (SSSR count). The van der Waals surface area contributed by atoms with E-state index >= 15 is 0 Å². The molecule has 1 aliphatic heterocycles. The number of hydrogen-bond acceptors (Lipinski definition) is 7. The van der Waals surface area contributed by atoms with E-state index in [4.69, 9.17) is 10.5 Å². The number of hydrogen-bond donors (Lipinski definition) is 3. The third kappa shape index (κ3) is 4.88. The number of methoxy groups -OCH3 is 1. The van der Waals surface area contributed by atoms with Gasteiger partial charge in [-0.2, -0.15) is 4.99 Å². The summed E-state index contributed by atoms with van der Waals surface area (Å²) in [4.78, 5) is 10.9. The number of nitrogens with two attached hydrogens (primary N) is 1. The minimum Gasteiger partial charge on any atom is -0.494 e. The van der Waals surface area contributed by atoms with Gasteiger partial charge in [0.25, 0.3) is 0 Å². The highest BCUT2D eigenvalue weighted by molar-refractivity contribution is 6.03. The molecule has 0 radical (unpaired) electrons. The van der Waals surface area contributed by atoms with Crippen LogP contribution in [0.3, 0.4) is 0 Å². The van der Waals surface area contributed by atoms with Crippen molar-refractivity contribution in [1.29, 1.82) is 0 Å². The fraction of sp³-hybridized carbons (Fsp3) is 0.579. The second-order valence-electron chi connectivity index (χ2n) is 6.91. The van der Waals surface area contributed by atoms with E-state index in [-0.39, 0.29) is 12.0 Å². The molecule has 7 nitrogen and oxygen atoms in total. The Morgan fingerprint density at radius 2 is 2.00 bits per heavy atom. The van der Waals surface area contributed by atoms with Crippen LogP contribution in [0.2, 0.25) is 0 Å². The molecule has 1 aliphatic carbocycles. The number of halogens is 1. The summed E-state index contributed by atoms with van der Waals surface area (Å²) in [5.41, 5.74) is 6.70. The van der Waals surface area contributed by atoms with E-state index in [0.717, 1.165) is 12.8 Å². The molecule has 0 bridgehead atoms. The van der Waals surface area contributed by atoms with Crippen molar-refractivity contribution >= 4 is 17.6 Å². The zero-order valence-corrected chi connectivity index (χ0v) is 16.0. The Bertz CT molecular complexity index is 699. The van der Waals surface area contributed by atoms with Gasteiger partial charge < -0.3 is 20.7 Å². The van der Waals surface area contributed by atoms with Crippen LogP contribution in [0.15, 0.2) is 28.2 Å². The first kappa shape index (κ1) is 19.4. The molecule has 1 aromatic carbocycles. The number of guanidine groups is 2. The van der Waals surface area contributed by atoms with Gasteiger partial charge in [-0.05, 0) is 31.9 Å². The summed E-state index contributed by atoms with van der Waals surface area (Å²) in [7, 11) is 1.44. The van der Waals surface area contributed by atoms with Gasteiger partial charge in [0.05, 0.1) is 7.11 Å². The molecule has 27 heavy (non-hydrogen) atoms. The number of anilines is 1. The molecule has 0 spiro atoms. The van der Waals surface area contributed by atoms with Crippen molar-refractivity contribution in [3.05, 3.63) is 24.0 Å². The predicted octanol–water partition coefficient (Wildman–Crippen LogP) is 2.85. The van der Waals surface area contributed by atoms with Gasteiger partial charge in [-0.1, -0.05) is 25.7 Å². The monoisotopic (exact) mass is 376 g/mol. The Labute approximate surface area is 159 Å². The molecule has 4 N–H and O–H groups in total. The number of rotatable bonds is 5. The largest absolute Gasteiger partial charge is 0.494 e. The van der Waals surface area contributed by atoms with Crippen LogP contribution in [0.4, 0.5) is 10.1 Å². The van der Waals surface area contributed by atoms with Gasteiger partial charge in [-0.25, -0.2) is 9.38 Å². The molecular weight excluding hydrogens is 347 g/mol. The Morgan fingerprint density at radius 3 is 2.63 bits per heavy atom. The molecule has 1 saturated carbocycles. The topological polar surface area (TPSA) is 87.3 Å². The Morgan fingerprint density at radius 1 is 1.26 bits per heavy atom. The van der Waals surface area contributed by atoms with Crippen molar-refractivity contribution in [3.63, 3.8) is 0 Å². The second-order valence-corrected chi connectivity index (χ2v) is 6.91. The summed E-state index contributed by atoms with van der Waals surface area (Å²) in [5.74, 6) is 0.515. The van der Waals surface area contributed by atoms with Crippen LogP contribution in [0.25, 0.3) is 0 Å². The average Bonchev–Trinajstić information content (AvgIpc) is 2.90. The number of nitrogens with one attached hydrogen (secondary N) is 2. The van der Waals surface area contributed by atoms with Crippen molar-refractivity contribution in [3.8, 4) is 5.75 Å². The first-order chi connectivity index (χ1) is 13.1. The third-order valence-corrected chi connectivity index (χ3v) is 5.04. The fourth-order valence-electron chi connectivity index (χ4n) is 3.56. The maximum absolute atomic E-state index is 13.9. The summed E-state index contributed by atoms with van der Waals surface area (Å²) in [6.45, 7) is 2.73. The molecule has 0 aromatic heterocycles. The molecule has 8 heteroatoms. The van der Waals surface area contributed by atoms with Crippen LogP contribution in [0, 0.1) is 5.82 Å². The first-order valence-corrected chi connectivity index (χ1v) is 9.66. The molecular formula is C19H29FN6O. The van der Waals surface area contributed by atoms with Crippen LogP contribution in [-0.4, -0.2) is 42.8 Å². The summed E-state index contributed by atoms with van der Waals surface area (Å²) >= 11 is 0. The summed E-state index contributed by atoms with van der Waals surface area (Å²) in [6, 6.07) is 5.05. The minimum atomic E-state index is -0.445. The molecule has 1 unspecified atom stereocenters. The zero-order valence-electron chi connectivity index (χ0n) is 16.0. The molecule has 1 fully saturated rings. The number of aliphatic imine (C=N–C) groups is 2. The Balaban J connectivity index is 1.75. The summed E-state index contributed by atoms with van der Waals surface area (Å²) in [5, 5.41) is 6.67. The van der Waals surface area contributed by atoms with E-state index < -0.39 is 5.82 Å². The number of ether oxygens (including phenoxy) is 1. The van der Waals surface area contributed by atoms with Crippen LogP contribution in [-0.2, 0) is 0 Å². The lowest BCUT2D eigenvalue weighted by atomic mass is 10.1. The van der Waals surface area contributed by atoms with Crippen LogP contribution < -0.4 is 21.1 Å². The SMILES string of the molecule is CCN1C(N)=NC(Nc2ccc(OC)c(F)c2)=NC1NC1CCCCCC1. The number of benzene rings is 1. The fourth-order valence-corrected chi connectivity index (χ4v) is 3.56. The first-order valence-electron chi connectivity index (χ1n) is 9.66. The van der Waals surface area contributed by atoms with Crippen LogP contribution in [0.5, 0.6) is 5.75 Å². The molecule has 0 saturated heterocycles. The highest BCUT2D eigenvalue weighted by Gasteiger charge is 2.26. The van der Waals surface area contributed by atoms with Gasteiger partial charge in [0, 0.05) is 24.3 Å². The van der Waals surface area contributed by atoms with Crippen molar-refractivity contribution in [1.82, 2.24) is 10.2 Å². The van der Waals surface area contributed by atoms with Gasteiger partial charge >= 0.3 is 0 Å². The van der Waals surface area contributed by atoms with E-state index in [1.54, 1.807) is 12.1 Å². The zero-order chi connectivity index (χ0) is 19.2. The van der Waals surface area contributed by atoms with E-state index in [9.17, 15) is 4.39 Å². The summed E-state index contributed by atoms with van der Waals surface area (Å²) in [6.07, 6.45) is 7.08. The molecule has 1 atom stereocenters. The highest BCUT2D eigenvalue weighted by Crippen LogP contribution is 2.22. The quantitative estimate of drug-likeness (QED) is 0.688. The minimum absolute atomic E-state index is 0.194. The van der Waals surface area contributed by atoms with Crippen LogP contribution >= 0.6 is 0 Å². The summed E-state index contributed by atoms with van der Waals surface area (Å²) < 4.78 is 18.9. The van der Waals surface area contributed by atoms with Gasteiger partial charge in [0.2, 0.25) is 11.9 Å². The van der Waals surface area contributed by atoms with E-state index in [2.05, 4.69) is 20.6 Å². The highest BCUT2D eigenvalue weighted by atomic mass is 19.1. The van der Waals surface area contributed by atoms with Crippen molar-refractivity contribution < 1.29 is 9.13 Å². The van der Waals surface area contributed by atoms with Gasteiger partial charge in [0.15, 0.2) is 17.9 Å². The van der Waals surface area contributed by atoms with Crippen molar-refractivity contribution in [2.24, 2.45) is 15.7 Å². The van der Waals surface area contributed by atoms with Crippen LogP contribution in [0.1, 0.15) is 45.4 Å². The van der Waals surface area contributed by atoms with E-state index in [0.29, 0.717) is 30.2 Å². The lowest BCUT2D eigenvalue weighted by Gasteiger charge is -2.35. The normalized spacial score (nSPS) is 21.3. The lowest BCUT2D eigenvalue weighted by Crippen LogP contribution is -2.56. The van der Waals surface area contributed by atoms with E-state index in [1.807, 2.05) is 11.8 Å². The van der Waals surface area contributed by atoms with Gasteiger partial charge in [0.1, 0.15) is 0 Å². The second kappa shape index (κ2) is 9.03. The Kier molecular flexibility index (Phi) is 6.49. The average molecular weight is 376 g/mol.